The second kappa shape index (κ2) is 3.35. The smallest absolute Gasteiger partial charge is 0.134 e. The van der Waals surface area contributed by atoms with E-state index in [1.54, 1.807) is 0 Å². The minimum absolute atomic E-state index is 0.168. The first-order chi connectivity index (χ1) is 8.30. The number of nitrogens with zero attached hydrogens (tertiary/aromatic N) is 1. The molecule has 1 spiro atoms. The maximum atomic E-state index is 12.0. The van der Waals surface area contributed by atoms with Crippen LogP contribution in [-0.4, -0.2) is 35.4 Å². The fraction of sp³-hybridized carbons (Fsp3) is 0.786. The minimum Gasteiger partial charge on any atom is -0.386 e. The third-order valence-electron chi connectivity index (χ3n) is 5.61. The van der Waals surface area contributed by atoms with Crippen LogP contribution in [0.3, 0.4) is 0 Å². The zero-order valence-electron chi connectivity index (χ0n) is 10.2. The number of ketones is 1. The van der Waals surface area contributed by atoms with E-state index in [0.29, 0.717) is 17.7 Å². The van der Waals surface area contributed by atoms with Crippen molar-refractivity contribution < 1.29 is 4.79 Å². The topological polar surface area (TPSA) is 32.3 Å². The van der Waals surface area contributed by atoms with Gasteiger partial charge in [-0.15, -0.1) is 0 Å². The lowest BCUT2D eigenvalue weighted by Crippen LogP contribution is -2.66. The molecule has 1 saturated carbocycles. The van der Waals surface area contributed by atoms with Crippen molar-refractivity contribution in [1.82, 2.24) is 10.2 Å². The molecule has 3 nitrogen and oxygen atoms in total. The number of nitrogens with one attached hydrogen (secondary N) is 1. The van der Waals surface area contributed by atoms with Crippen LogP contribution in [0, 0.1) is 11.8 Å². The van der Waals surface area contributed by atoms with E-state index in [9.17, 15) is 4.79 Å². The molecule has 3 heterocycles. The lowest BCUT2D eigenvalue weighted by atomic mass is 9.64. The van der Waals surface area contributed by atoms with Crippen LogP contribution in [0.5, 0.6) is 0 Å². The van der Waals surface area contributed by atoms with Crippen LogP contribution in [-0.2, 0) is 4.79 Å². The van der Waals surface area contributed by atoms with E-state index in [1.165, 1.54) is 25.9 Å². The summed E-state index contributed by atoms with van der Waals surface area (Å²) in [6.45, 7) is 2.40. The Morgan fingerprint density at radius 3 is 3.12 bits per heavy atom. The van der Waals surface area contributed by atoms with Crippen molar-refractivity contribution in [2.45, 2.75) is 43.7 Å². The number of piperidine rings is 1. The van der Waals surface area contributed by atoms with Crippen LogP contribution < -0.4 is 5.32 Å². The molecular formula is C14H20N2O. The SMILES string of the molecule is O=C1CCC2CCN3CCC4C=CNC4C23C1. The van der Waals surface area contributed by atoms with Crippen molar-refractivity contribution in [2.24, 2.45) is 11.8 Å². The van der Waals surface area contributed by atoms with Crippen molar-refractivity contribution >= 4 is 5.78 Å². The second-order valence-corrected chi connectivity index (χ2v) is 6.17. The fourth-order valence-corrected chi connectivity index (χ4v) is 4.90. The molecule has 4 atom stereocenters. The number of hydrogen-bond acceptors (Lipinski definition) is 3. The molecule has 2 saturated heterocycles. The van der Waals surface area contributed by atoms with Crippen LogP contribution >= 0.6 is 0 Å². The van der Waals surface area contributed by atoms with Gasteiger partial charge in [-0.05, 0) is 44.5 Å². The van der Waals surface area contributed by atoms with Gasteiger partial charge in [0, 0.05) is 18.8 Å². The fourth-order valence-electron chi connectivity index (χ4n) is 4.90. The summed E-state index contributed by atoms with van der Waals surface area (Å²) < 4.78 is 0. The lowest BCUT2D eigenvalue weighted by molar-refractivity contribution is -0.128. The van der Waals surface area contributed by atoms with Crippen LogP contribution in [0.2, 0.25) is 0 Å². The Balaban J connectivity index is 1.77. The summed E-state index contributed by atoms with van der Waals surface area (Å²) in [4.78, 5) is 14.6. The molecular weight excluding hydrogens is 212 g/mol. The van der Waals surface area contributed by atoms with Crippen molar-refractivity contribution in [1.29, 1.82) is 0 Å². The molecule has 4 unspecified atom stereocenters. The van der Waals surface area contributed by atoms with Gasteiger partial charge in [0.15, 0.2) is 0 Å². The minimum atomic E-state index is 0.168. The van der Waals surface area contributed by atoms with E-state index >= 15 is 0 Å². The average molecular weight is 232 g/mol. The summed E-state index contributed by atoms with van der Waals surface area (Å²) in [6, 6.07) is 0.507. The number of hydrogen-bond donors (Lipinski definition) is 1. The van der Waals surface area contributed by atoms with Crippen molar-refractivity contribution in [3.05, 3.63) is 12.3 Å². The van der Waals surface area contributed by atoms with E-state index in [0.717, 1.165) is 25.2 Å². The molecule has 0 aromatic rings. The van der Waals surface area contributed by atoms with Gasteiger partial charge in [-0.1, -0.05) is 6.08 Å². The zero-order chi connectivity index (χ0) is 11.5. The molecule has 0 amide bonds. The number of fused-ring (bicyclic) bond motifs is 1. The van der Waals surface area contributed by atoms with E-state index in [1.807, 2.05) is 0 Å². The van der Waals surface area contributed by atoms with Crippen molar-refractivity contribution in [3.63, 3.8) is 0 Å². The van der Waals surface area contributed by atoms with E-state index in [2.05, 4.69) is 22.5 Å². The molecule has 17 heavy (non-hydrogen) atoms. The first-order valence-electron chi connectivity index (χ1n) is 7.00. The number of Topliss-reactive ketones (excluding diaryl/α,β-unsaturated/α-hetero) is 1. The molecule has 3 heteroatoms. The summed E-state index contributed by atoms with van der Waals surface area (Å²) in [5.74, 6) is 1.90. The maximum Gasteiger partial charge on any atom is 0.134 e. The third-order valence-corrected chi connectivity index (χ3v) is 5.61. The van der Waals surface area contributed by atoms with E-state index in [-0.39, 0.29) is 5.54 Å². The van der Waals surface area contributed by atoms with Gasteiger partial charge in [0.05, 0.1) is 11.6 Å². The summed E-state index contributed by atoms with van der Waals surface area (Å²) >= 11 is 0. The summed E-state index contributed by atoms with van der Waals surface area (Å²) in [6.07, 6.45) is 9.76. The van der Waals surface area contributed by atoms with Crippen molar-refractivity contribution in [3.8, 4) is 0 Å². The Bertz CT molecular complexity index is 384. The molecule has 92 valence electrons. The monoisotopic (exact) mass is 232 g/mol. The maximum absolute atomic E-state index is 12.0. The molecule has 0 radical (unpaired) electrons. The van der Waals surface area contributed by atoms with E-state index in [4.69, 9.17) is 0 Å². The summed E-state index contributed by atoms with van der Waals surface area (Å²) in [5, 5.41) is 3.57. The molecule has 4 rings (SSSR count). The van der Waals surface area contributed by atoms with Crippen LogP contribution in [0.25, 0.3) is 0 Å². The molecule has 3 fully saturated rings. The van der Waals surface area contributed by atoms with Gasteiger partial charge in [0.2, 0.25) is 0 Å². The van der Waals surface area contributed by atoms with Gasteiger partial charge in [0.25, 0.3) is 0 Å². The number of rotatable bonds is 0. The molecule has 0 aromatic heterocycles. The van der Waals surface area contributed by atoms with Crippen molar-refractivity contribution in [2.75, 3.05) is 13.1 Å². The molecule has 1 N–H and O–H groups in total. The number of carbonyl (C=O) groups is 1. The Morgan fingerprint density at radius 2 is 2.18 bits per heavy atom. The quantitative estimate of drug-likeness (QED) is 0.683. The van der Waals surface area contributed by atoms with Gasteiger partial charge < -0.3 is 5.32 Å². The average Bonchev–Trinajstić information content (AvgIpc) is 2.90. The number of carbonyl (C=O) groups excluding carboxylic acids is 1. The van der Waals surface area contributed by atoms with Gasteiger partial charge >= 0.3 is 0 Å². The predicted molar refractivity (Wildman–Crippen MR) is 65.4 cm³/mol. The van der Waals surface area contributed by atoms with Crippen LogP contribution in [0.1, 0.15) is 32.1 Å². The highest BCUT2D eigenvalue weighted by atomic mass is 16.1. The normalized spacial score (nSPS) is 48.5. The van der Waals surface area contributed by atoms with Gasteiger partial charge in [-0.3, -0.25) is 9.69 Å². The molecule has 1 aliphatic carbocycles. The predicted octanol–water partition coefficient (Wildman–Crippen LogP) is 1.31. The Hall–Kier alpha value is -0.830. The molecule has 4 aliphatic rings. The standard InChI is InChI=1S/C14H20N2O/c17-12-2-1-11-5-8-16-7-4-10-3-6-15-13(10)14(11,16)9-12/h3,6,10-11,13,15H,1-2,4-5,7-9H2. The first-order valence-corrected chi connectivity index (χ1v) is 7.00. The van der Waals surface area contributed by atoms with Gasteiger partial charge in [-0.25, -0.2) is 0 Å². The van der Waals surface area contributed by atoms with Crippen LogP contribution in [0.4, 0.5) is 0 Å². The van der Waals surface area contributed by atoms with Gasteiger partial charge in [-0.2, -0.15) is 0 Å². The lowest BCUT2D eigenvalue weighted by Gasteiger charge is -2.53. The highest BCUT2D eigenvalue weighted by Gasteiger charge is 2.59. The Labute approximate surface area is 102 Å². The largest absolute Gasteiger partial charge is 0.386 e. The van der Waals surface area contributed by atoms with E-state index < -0.39 is 0 Å². The second-order valence-electron chi connectivity index (χ2n) is 6.17. The molecule has 3 aliphatic heterocycles. The summed E-state index contributed by atoms with van der Waals surface area (Å²) in [7, 11) is 0. The first kappa shape index (κ1) is 10.1. The van der Waals surface area contributed by atoms with Crippen LogP contribution in [0.15, 0.2) is 12.3 Å². The summed E-state index contributed by atoms with van der Waals surface area (Å²) in [5.41, 5.74) is 0.168. The highest BCUT2D eigenvalue weighted by molar-refractivity contribution is 5.81. The van der Waals surface area contributed by atoms with Gasteiger partial charge in [0.1, 0.15) is 5.78 Å². The Kier molecular flexibility index (Phi) is 1.99. The molecule has 0 aromatic carbocycles. The zero-order valence-corrected chi connectivity index (χ0v) is 10.2. The highest BCUT2D eigenvalue weighted by Crippen LogP contribution is 2.51. The molecule has 0 bridgehead atoms. The third kappa shape index (κ3) is 1.18. The Morgan fingerprint density at radius 1 is 1.29 bits per heavy atom.